The number of hydrogen-bond acceptors (Lipinski definition) is 2. The highest BCUT2D eigenvalue weighted by molar-refractivity contribution is 7.94. The smallest absolute Gasteiger partial charge is 0.264 e. The van der Waals surface area contributed by atoms with Crippen molar-refractivity contribution in [2.75, 3.05) is 9.03 Å². The van der Waals surface area contributed by atoms with Gasteiger partial charge < -0.3 is 0 Å². The van der Waals surface area contributed by atoms with E-state index in [1.54, 1.807) is 6.07 Å². The molecule has 0 unspecified atom stereocenters. The minimum Gasteiger partial charge on any atom is -0.264 e. The first-order chi connectivity index (χ1) is 7.63. The Hall–Kier alpha value is -0.650. The third-order valence-corrected chi connectivity index (χ3v) is 4.77. The molecule has 1 aromatic carbocycles. The van der Waals surface area contributed by atoms with Gasteiger partial charge in [-0.2, -0.15) is 8.42 Å². The molecule has 0 spiro atoms. The topological polar surface area (TPSA) is 49.4 Å². The molecule has 0 aromatic heterocycles. The molecule has 4 nitrogen and oxygen atoms in total. The first-order valence-corrected chi connectivity index (χ1v) is 7.15. The highest BCUT2D eigenvalue weighted by atomic mass is 35.5. The number of anilines is 2. The summed E-state index contributed by atoms with van der Waals surface area (Å²) >= 11 is 11.8. The molecular weight excluding hydrogens is 283 g/mol. The zero-order valence-corrected chi connectivity index (χ0v) is 11.9. The Kier molecular flexibility index (Phi) is 2.76. The molecule has 0 bridgehead atoms. The number of benzene rings is 1. The Bertz CT molecular complexity index is 579. The van der Waals surface area contributed by atoms with Gasteiger partial charge in [-0.1, -0.05) is 23.2 Å². The van der Waals surface area contributed by atoms with Gasteiger partial charge in [0, 0.05) is 5.54 Å². The fraction of sp³-hybridized carbons (Fsp3) is 0.400. The molecule has 1 aromatic rings. The zero-order valence-electron chi connectivity index (χ0n) is 9.58. The molecule has 1 aliphatic rings. The van der Waals surface area contributed by atoms with E-state index in [2.05, 4.69) is 4.72 Å². The highest BCUT2D eigenvalue weighted by Gasteiger charge is 2.40. The third-order valence-electron chi connectivity index (χ3n) is 2.35. The average molecular weight is 295 g/mol. The van der Waals surface area contributed by atoms with E-state index in [0.29, 0.717) is 21.4 Å². The van der Waals surface area contributed by atoms with Gasteiger partial charge in [-0.25, -0.2) is 4.31 Å². The molecule has 0 saturated heterocycles. The molecule has 94 valence electrons. The summed E-state index contributed by atoms with van der Waals surface area (Å²) in [5.74, 6) is 0. The largest absolute Gasteiger partial charge is 0.324 e. The van der Waals surface area contributed by atoms with Crippen LogP contribution in [-0.4, -0.2) is 14.0 Å². The molecule has 1 heterocycles. The summed E-state index contributed by atoms with van der Waals surface area (Å²) in [5.41, 5.74) is 0.398. The lowest BCUT2D eigenvalue weighted by Crippen LogP contribution is -2.44. The maximum atomic E-state index is 12.0. The lowest BCUT2D eigenvalue weighted by molar-refractivity contribution is 0.543. The number of nitrogens with one attached hydrogen (secondary N) is 1. The van der Waals surface area contributed by atoms with E-state index in [-0.39, 0.29) is 0 Å². The molecule has 0 atom stereocenters. The van der Waals surface area contributed by atoms with E-state index in [0.717, 1.165) is 0 Å². The summed E-state index contributed by atoms with van der Waals surface area (Å²) in [6.07, 6.45) is 0. The lowest BCUT2D eigenvalue weighted by atomic mass is 10.1. The van der Waals surface area contributed by atoms with Gasteiger partial charge in [-0.3, -0.25) is 4.72 Å². The minimum absolute atomic E-state index is 0.323. The summed E-state index contributed by atoms with van der Waals surface area (Å²) in [4.78, 5) is 0. The van der Waals surface area contributed by atoms with Crippen molar-refractivity contribution in [3.05, 3.63) is 22.2 Å². The van der Waals surface area contributed by atoms with Crippen LogP contribution in [0.2, 0.25) is 10.0 Å². The van der Waals surface area contributed by atoms with Crippen molar-refractivity contribution in [2.24, 2.45) is 0 Å². The number of rotatable bonds is 0. The van der Waals surface area contributed by atoms with Gasteiger partial charge in [0.15, 0.2) is 0 Å². The van der Waals surface area contributed by atoms with Crippen LogP contribution < -0.4 is 9.03 Å². The van der Waals surface area contributed by atoms with E-state index in [4.69, 9.17) is 23.2 Å². The Morgan fingerprint density at radius 2 is 1.71 bits per heavy atom. The second-order valence-electron chi connectivity index (χ2n) is 4.83. The molecule has 7 heteroatoms. The summed E-state index contributed by atoms with van der Waals surface area (Å²) in [6.45, 7) is 5.43. The SMILES string of the molecule is CC(C)(C)N1c2cc(Cl)c(Cl)cc2NS1(=O)=O. The number of halogens is 2. The quantitative estimate of drug-likeness (QED) is 0.798. The Labute approximate surface area is 111 Å². The summed E-state index contributed by atoms with van der Waals surface area (Å²) in [7, 11) is -3.57. The van der Waals surface area contributed by atoms with Crippen LogP contribution in [0, 0.1) is 0 Å². The van der Waals surface area contributed by atoms with Gasteiger partial charge in [0.1, 0.15) is 0 Å². The van der Waals surface area contributed by atoms with Crippen LogP contribution in [-0.2, 0) is 10.2 Å². The van der Waals surface area contributed by atoms with Crippen molar-refractivity contribution in [1.82, 2.24) is 0 Å². The Balaban J connectivity index is 2.69. The van der Waals surface area contributed by atoms with Crippen LogP contribution in [0.15, 0.2) is 12.1 Å². The van der Waals surface area contributed by atoms with Crippen molar-refractivity contribution < 1.29 is 8.42 Å². The van der Waals surface area contributed by atoms with E-state index >= 15 is 0 Å². The van der Waals surface area contributed by atoms with E-state index in [9.17, 15) is 8.42 Å². The Morgan fingerprint density at radius 1 is 1.18 bits per heavy atom. The van der Waals surface area contributed by atoms with Crippen molar-refractivity contribution in [3.8, 4) is 0 Å². The van der Waals surface area contributed by atoms with Crippen molar-refractivity contribution in [3.63, 3.8) is 0 Å². The normalized spacial score (nSPS) is 17.8. The van der Waals surface area contributed by atoms with Crippen molar-refractivity contribution >= 4 is 44.8 Å². The summed E-state index contributed by atoms with van der Waals surface area (Å²) in [6, 6.07) is 3.07. The number of fused-ring (bicyclic) bond motifs is 1. The fourth-order valence-corrected chi connectivity index (χ4v) is 3.81. The fourth-order valence-electron chi connectivity index (χ4n) is 1.82. The second-order valence-corrected chi connectivity index (χ2v) is 7.16. The lowest BCUT2D eigenvalue weighted by Gasteiger charge is -2.31. The maximum absolute atomic E-state index is 12.0. The van der Waals surface area contributed by atoms with Crippen LogP contribution in [0.5, 0.6) is 0 Å². The molecule has 2 rings (SSSR count). The van der Waals surface area contributed by atoms with Gasteiger partial charge >= 0.3 is 10.2 Å². The standard InChI is InChI=1S/C10H12Cl2N2O2S/c1-10(2,3)14-9-5-7(12)6(11)4-8(9)13-17(14,15)16/h4-5,13H,1-3H3. The second kappa shape index (κ2) is 3.67. The maximum Gasteiger partial charge on any atom is 0.324 e. The monoisotopic (exact) mass is 294 g/mol. The zero-order chi connectivity index (χ0) is 13.0. The molecule has 0 fully saturated rings. The average Bonchev–Trinajstić information content (AvgIpc) is 2.34. The predicted molar refractivity (Wildman–Crippen MR) is 71.2 cm³/mol. The van der Waals surface area contributed by atoms with Crippen LogP contribution >= 0.6 is 23.2 Å². The number of hydrogen-bond donors (Lipinski definition) is 1. The number of nitrogens with zero attached hydrogens (tertiary/aromatic N) is 1. The molecule has 1 aliphatic heterocycles. The first kappa shape index (κ1) is 12.8. The summed E-state index contributed by atoms with van der Waals surface area (Å²) < 4.78 is 27.8. The minimum atomic E-state index is -3.57. The van der Waals surface area contributed by atoms with E-state index in [1.165, 1.54) is 10.4 Å². The Morgan fingerprint density at radius 3 is 2.24 bits per heavy atom. The van der Waals surface area contributed by atoms with Crippen molar-refractivity contribution in [1.29, 1.82) is 0 Å². The third kappa shape index (κ3) is 2.07. The van der Waals surface area contributed by atoms with Gasteiger partial charge in [0.2, 0.25) is 0 Å². The molecule has 0 amide bonds. The van der Waals surface area contributed by atoms with Gasteiger partial charge in [-0.15, -0.1) is 0 Å². The first-order valence-electron chi connectivity index (χ1n) is 4.95. The molecule has 0 radical (unpaired) electrons. The highest BCUT2D eigenvalue weighted by Crippen LogP contribution is 2.44. The molecule has 17 heavy (non-hydrogen) atoms. The molecule has 1 N–H and O–H groups in total. The van der Waals surface area contributed by atoms with Gasteiger partial charge in [0.25, 0.3) is 0 Å². The van der Waals surface area contributed by atoms with Gasteiger partial charge in [0.05, 0.1) is 21.4 Å². The van der Waals surface area contributed by atoms with Crippen LogP contribution in [0.4, 0.5) is 11.4 Å². The van der Waals surface area contributed by atoms with E-state index < -0.39 is 15.7 Å². The molecular formula is C10H12Cl2N2O2S. The van der Waals surface area contributed by atoms with E-state index in [1.807, 2.05) is 20.8 Å². The van der Waals surface area contributed by atoms with Crippen LogP contribution in [0.1, 0.15) is 20.8 Å². The predicted octanol–water partition coefficient (Wildman–Crippen LogP) is 3.27. The molecule has 0 saturated carbocycles. The van der Waals surface area contributed by atoms with Crippen LogP contribution in [0.3, 0.4) is 0 Å². The van der Waals surface area contributed by atoms with Gasteiger partial charge in [-0.05, 0) is 32.9 Å². The summed E-state index contributed by atoms with van der Waals surface area (Å²) in [5, 5.41) is 0.655. The van der Waals surface area contributed by atoms with Crippen LogP contribution in [0.25, 0.3) is 0 Å². The van der Waals surface area contributed by atoms with Crippen molar-refractivity contribution in [2.45, 2.75) is 26.3 Å². The molecule has 0 aliphatic carbocycles.